The first kappa shape index (κ1) is 18.9. The van der Waals surface area contributed by atoms with Gasteiger partial charge < -0.3 is 9.47 Å². The molecule has 2 amide bonds. The number of carbonyl (C=O) groups is 2. The van der Waals surface area contributed by atoms with E-state index >= 15 is 0 Å². The van der Waals surface area contributed by atoms with Gasteiger partial charge in [-0.15, -0.1) is 0 Å². The molecule has 0 aliphatic carbocycles. The molecule has 0 spiro atoms. The van der Waals surface area contributed by atoms with E-state index in [4.69, 9.17) is 21.7 Å². The number of thiocarbonyl (C=S) groups is 1. The molecule has 2 aliphatic rings. The van der Waals surface area contributed by atoms with Crippen LogP contribution in [0.5, 0.6) is 11.5 Å². The lowest BCUT2D eigenvalue weighted by Gasteiger charge is -2.29. The van der Waals surface area contributed by atoms with E-state index in [2.05, 4.69) is 5.32 Å². The zero-order valence-corrected chi connectivity index (χ0v) is 16.3. The van der Waals surface area contributed by atoms with Gasteiger partial charge in [0.2, 0.25) is 0 Å². The SMILES string of the molecule is O=C1NC(=S)N(c2ccc(Oc3ccccc3)cc2)C(=O)/C1=C/C1=COCCC1. The summed E-state index contributed by atoms with van der Waals surface area (Å²) in [7, 11) is 0. The highest BCUT2D eigenvalue weighted by Crippen LogP contribution is 2.27. The van der Waals surface area contributed by atoms with Gasteiger partial charge in [-0.25, -0.2) is 0 Å². The number of nitrogens with one attached hydrogen (secondary N) is 1. The minimum absolute atomic E-state index is 0.0277. The minimum atomic E-state index is -0.508. The van der Waals surface area contributed by atoms with E-state index in [0.717, 1.165) is 18.4 Å². The third kappa shape index (κ3) is 4.20. The van der Waals surface area contributed by atoms with Crippen molar-refractivity contribution in [3.8, 4) is 11.5 Å². The van der Waals surface area contributed by atoms with Gasteiger partial charge in [0, 0.05) is 0 Å². The zero-order valence-electron chi connectivity index (χ0n) is 15.5. The molecule has 2 aromatic rings. The van der Waals surface area contributed by atoms with E-state index in [-0.39, 0.29) is 10.7 Å². The lowest BCUT2D eigenvalue weighted by molar-refractivity contribution is -0.122. The van der Waals surface area contributed by atoms with Crippen LogP contribution in [0.3, 0.4) is 0 Å². The molecule has 0 unspecified atom stereocenters. The van der Waals surface area contributed by atoms with Crippen LogP contribution in [-0.2, 0) is 14.3 Å². The van der Waals surface area contributed by atoms with Gasteiger partial charge in [0.25, 0.3) is 11.8 Å². The van der Waals surface area contributed by atoms with Gasteiger partial charge in [0.15, 0.2) is 5.11 Å². The molecule has 2 heterocycles. The number of hydrogen-bond acceptors (Lipinski definition) is 5. The summed E-state index contributed by atoms with van der Waals surface area (Å²) in [6, 6.07) is 16.3. The Morgan fingerprint density at radius 3 is 2.45 bits per heavy atom. The number of rotatable bonds is 4. The molecule has 0 atom stereocenters. The summed E-state index contributed by atoms with van der Waals surface area (Å²) in [6.07, 6.45) is 4.75. The predicted octanol–water partition coefficient (Wildman–Crippen LogP) is 3.85. The number of benzene rings is 2. The molecule has 7 heteroatoms. The quantitative estimate of drug-likeness (QED) is 0.475. The fourth-order valence-corrected chi connectivity index (χ4v) is 3.34. The molecule has 146 valence electrons. The molecule has 6 nitrogen and oxygen atoms in total. The number of nitrogens with zero attached hydrogens (tertiary/aromatic N) is 1. The van der Waals surface area contributed by atoms with E-state index in [9.17, 15) is 9.59 Å². The Kier molecular flexibility index (Phi) is 5.39. The van der Waals surface area contributed by atoms with Crippen LogP contribution in [0, 0.1) is 0 Å². The predicted molar refractivity (Wildman–Crippen MR) is 113 cm³/mol. The van der Waals surface area contributed by atoms with Crippen molar-refractivity contribution in [1.29, 1.82) is 0 Å². The van der Waals surface area contributed by atoms with Gasteiger partial charge >= 0.3 is 0 Å². The Hall–Kier alpha value is -3.45. The first-order chi connectivity index (χ1) is 14.1. The van der Waals surface area contributed by atoms with Crippen molar-refractivity contribution in [3.05, 3.63) is 78.1 Å². The molecular formula is C22H18N2O4S. The third-order valence-corrected chi connectivity index (χ3v) is 4.75. The Balaban J connectivity index is 1.57. The average Bonchev–Trinajstić information content (AvgIpc) is 2.74. The normalized spacial score (nSPS) is 18.2. The van der Waals surface area contributed by atoms with Crippen molar-refractivity contribution in [2.45, 2.75) is 12.8 Å². The maximum atomic E-state index is 13.0. The summed E-state index contributed by atoms with van der Waals surface area (Å²) in [5, 5.41) is 2.63. The summed E-state index contributed by atoms with van der Waals surface area (Å²) < 4.78 is 11.1. The lowest BCUT2D eigenvalue weighted by Crippen LogP contribution is -2.54. The third-order valence-electron chi connectivity index (χ3n) is 4.47. The summed E-state index contributed by atoms with van der Waals surface area (Å²) in [4.78, 5) is 26.6. The van der Waals surface area contributed by atoms with Crippen LogP contribution in [0.15, 0.2) is 78.1 Å². The van der Waals surface area contributed by atoms with Crippen LogP contribution in [-0.4, -0.2) is 23.5 Å². The summed E-state index contributed by atoms with van der Waals surface area (Å²) >= 11 is 5.23. The van der Waals surface area contributed by atoms with E-state index in [1.807, 2.05) is 30.3 Å². The van der Waals surface area contributed by atoms with Crippen molar-refractivity contribution in [1.82, 2.24) is 5.32 Å². The molecule has 29 heavy (non-hydrogen) atoms. The number of carbonyl (C=O) groups excluding carboxylic acids is 2. The van der Waals surface area contributed by atoms with Gasteiger partial charge in [-0.1, -0.05) is 18.2 Å². The second-order valence-corrected chi connectivity index (χ2v) is 6.92. The van der Waals surface area contributed by atoms with E-state index in [1.165, 1.54) is 4.90 Å². The van der Waals surface area contributed by atoms with Crippen molar-refractivity contribution in [3.63, 3.8) is 0 Å². The van der Waals surface area contributed by atoms with Gasteiger partial charge in [-0.05, 0) is 73.1 Å². The van der Waals surface area contributed by atoms with Crippen LogP contribution in [0.2, 0.25) is 0 Å². The number of amides is 2. The number of hydrogen-bond donors (Lipinski definition) is 1. The Morgan fingerprint density at radius 2 is 1.76 bits per heavy atom. The molecule has 1 fully saturated rings. The second kappa shape index (κ2) is 8.28. The van der Waals surface area contributed by atoms with Crippen LogP contribution in [0.4, 0.5) is 5.69 Å². The van der Waals surface area contributed by atoms with Crippen LogP contribution in [0.25, 0.3) is 0 Å². The van der Waals surface area contributed by atoms with Crippen LogP contribution < -0.4 is 15.0 Å². The van der Waals surface area contributed by atoms with Crippen LogP contribution >= 0.6 is 12.2 Å². The van der Waals surface area contributed by atoms with Gasteiger partial charge in [0.1, 0.15) is 17.1 Å². The average molecular weight is 406 g/mol. The molecule has 2 aliphatic heterocycles. The highest BCUT2D eigenvalue weighted by atomic mass is 32.1. The van der Waals surface area contributed by atoms with Gasteiger partial charge in [-0.2, -0.15) is 0 Å². The Labute approximate surface area is 173 Å². The molecule has 0 saturated carbocycles. The lowest BCUT2D eigenvalue weighted by atomic mass is 10.0. The number of ether oxygens (including phenoxy) is 2. The number of allylic oxidation sites excluding steroid dienone is 2. The van der Waals surface area contributed by atoms with Gasteiger partial charge in [0.05, 0.1) is 18.6 Å². The van der Waals surface area contributed by atoms with Crippen molar-refractivity contribution in [2.24, 2.45) is 0 Å². The summed E-state index contributed by atoms with van der Waals surface area (Å²) in [5.74, 6) is 0.360. The second-order valence-electron chi connectivity index (χ2n) is 6.53. The minimum Gasteiger partial charge on any atom is -0.501 e. The molecule has 1 saturated heterocycles. The maximum Gasteiger partial charge on any atom is 0.270 e. The van der Waals surface area contributed by atoms with Crippen molar-refractivity contribution >= 4 is 34.8 Å². The fraction of sp³-hybridized carbons (Fsp3) is 0.136. The topological polar surface area (TPSA) is 67.9 Å². The zero-order chi connectivity index (χ0) is 20.2. The van der Waals surface area contributed by atoms with E-state index in [0.29, 0.717) is 23.8 Å². The van der Waals surface area contributed by atoms with Crippen LogP contribution in [0.1, 0.15) is 12.8 Å². The Morgan fingerprint density at radius 1 is 1.03 bits per heavy atom. The highest BCUT2D eigenvalue weighted by Gasteiger charge is 2.34. The van der Waals surface area contributed by atoms with Crippen molar-refractivity contribution in [2.75, 3.05) is 11.5 Å². The highest BCUT2D eigenvalue weighted by molar-refractivity contribution is 7.80. The standard InChI is InChI=1S/C22H18N2O4S/c25-20-19(13-15-5-4-12-27-14-15)21(26)24(22(29)23-20)16-8-10-18(11-9-16)28-17-6-2-1-3-7-17/h1-3,6-11,13-14H,4-5,12H2,(H,23,25,29)/b19-13+. The van der Waals surface area contributed by atoms with E-state index < -0.39 is 11.8 Å². The maximum absolute atomic E-state index is 13.0. The van der Waals surface area contributed by atoms with Gasteiger partial charge in [-0.3, -0.25) is 19.8 Å². The monoisotopic (exact) mass is 406 g/mol. The number of anilines is 1. The first-order valence-electron chi connectivity index (χ1n) is 9.17. The fourth-order valence-electron chi connectivity index (χ4n) is 3.06. The van der Waals surface area contributed by atoms with Crippen molar-refractivity contribution < 1.29 is 19.1 Å². The molecule has 1 N–H and O–H groups in total. The summed E-state index contributed by atoms with van der Waals surface area (Å²) in [5.41, 5.74) is 1.37. The smallest absolute Gasteiger partial charge is 0.270 e. The molecule has 4 rings (SSSR count). The molecule has 2 aromatic carbocycles. The van der Waals surface area contributed by atoms with E-state index in [1.54, 1.807) is 36.6 Å². The number of para-hydroxylation sites is 1. The molecule has 0 radical (unpaired) electrons. The first-order valence-corrected chi connectivity index (χ1v) is 9.58. The summed E-state index contributed by atoms with van der Waals surface area (Å²) in [6.45, 7) is 0.639. The molecule has 0 bridgehead atoms. The molecular weight excluding hydrogens is 388 g/mol. The largest absolute Gasteiger partial charge is 0.501 e. The molecule has 0 aromatic heterocycles. The Bertz CT molecular complexity index is 1010.